The Morgan fingerprint density at radius 1 is 1.35 bits per heavy atom. The molecule has 0 aliphatic rings. The zero-order valence-electron chi connectivity index (χ0n) is 9.88. The van der Waals surface area contributed by atoms with Gasteiger partial charge in [-0.05, 0) is 36.2 Å². The Morgan fingerprint density at radius 2 is 2.06 bits per heavy atom. The zero-order chi connectivity index (χ0) is 12.3. The van der Waals surface area contributed by atoms with Gasteiger partial charge in [-0.3, -0.25) is 0 Å². The molecule has 3 nitrogen and oxygen atoms in total. The van der Waals surface area contributed by atoms with Crippen LogP contribution in [0, 0.1) is 0 Å². The maximum Gasteiger partial charge on any atom is 0.174 e. The van der Waals surface area contributed by atoms with Crippen LogP contribution in [0.4, 0.5) is 0 Å². The summed E-state index contributed by atoms with van der Waals surface area (Å²) >= 11 is 3.10. The highest BCUT2D eigenvalue weighted by Crippen LogP contribution is 2.29. The maximum absolute atomic E-state index is 5.81. The number of aromatic nitrogens is 2. The van der Waals surface area contributed by atoms with Crippen molar-refractivity contribution >= 4 is 23.3 Å². The highest BCUT2D eigenvalue weighted by atomic mass is 32.2. The highest BCUT2D eigenvalue weighted by Gasteiger charge is 2.05. The normalized spacial score (nSPS) is 12.6. The second kappa shape index (κ2) is 5.62. The van der Waals surface area contributed by atoms with E-state index >= 15 is 0 Å². The Hall–Kier alpha value is -0.910. The number of nitrogens with two attached hydrogens (primary N) is 1. The van der Waals surface area contributed by atoms with E-state index in [-0.39, 0.29) is 6.04 Å². The second-order valence-corrected chi connectivity index (χ2v) is 5.86. The third-order valence-corrected chi connectivity index (χ3v) is 4.17. The van der Waals surface area contributed by atoms with Crippen LogP contribution < -0.4 is 5.73 Å². The second-order valence-electron chi connectivity index (χ2n) is 3.79. The van der Waals surface area contributed by atoms with Crippen LogP contribution in [-0.2, 0) is 6.42 Å². The SMILES string of the molecule is CCc1nsc(Sc2ccc([C@@H](C)N)cc2)n1. The fourth-order valence-corrected chi connectivity index (χ4v) is 3.04. The first-order valence-electron chi connectivity index (χ1n) is 5.55. The molecule has 0 radical (unpaired) electrons. The third-order valence-electron chi connectivity index (χ3n) is 2.38. The molecule has 0 unspecified atom stereocenters. The van der Waals surface area contributed by atoms with E-state index in [1.165, 1.54) is 16.4 Å². The zero-order valence-corrected chi connectivity index (χ0v) is 11.5. The van der Waals surface area contributed by atoms with Gasteiger partial charge in [0.2, 0.25) is 0 Å². The van der Waals surface area contributed by atoms with Crippen molar-refractivity contribution in [1.29, 1.82) is 0 Å². The quantitative estimate of drug-likeness (QED) is 0.921. The van der Waals surface area contributed by atoms with Crippen molar-refractivity contribution < 1.29 is 0 Å². The highest BCUT2D eigenvalue weighted by molar-refractivity contribution is 8.01. The Balaban J connectivity index is 2.08. The lowest BCUT2D eigenvalue weighted by Crippen LogP contribution is -2.04. The predicted molar refractivity (Wildman–Crippen MR) is 72.5 cm³/mol. The number of nitrogens with zero attached hydrogens (tertiary/aromatic N) is 2. The first-order valence-corrected chi connectivity index (χ1v) is 7.14. The lowest BCUT2D eigenvalue weighted by molar-refractivity contribution is 0.817. The maximum atomic E-state index is 5.81. The summed E-state index contributed by atoms with van der Waals surface area (Å²) in [7, 11) is 0. The average molecular weight is 265 g/mol. The van der Waals surface area contributed by atoms with E-state index in [0.717, 1.165) is 22.1 Å². The molecule has 5 heteroatoms. The first-order chi connectivity index (χ1) is 8.19. The Morgan fingerprint density at radius 3 is 2.59 bits per heavy atom. The van der Waals surface area contributed by atoms with Crippen LogP contribution in [0.5, 0.6) is 0 Å². The molecule has 1 aromatic heterocycles. The van der Waals surface area contributed by atoms with Gasteiger partial charge in [-0.1, -0.05) is 30.8 Å². The van der Waals surface area contributed by atoms with E-state index in [1.54, 1.807) is 11.8 Å². The largest absolute Gasteiger partial charge is 0.324 e. The van der Waals surface area contributed by atoms with E-state index in [0.29, 0.717) is 0 Å². The molecule has 0 amide bonds. The van der Waals surface area contributed by atoms with Crippen LogP contribution in [-0.4, -0.2) is 9.36 Å². The molecule has 2 N–H and O–H groups in total. The number of hydrogen-bond acceptors (Lipinski definition) is 5. The minimum Gasteiger partial charge on any atom is -0.324 e. The van der Waals surface area contributed by atoms with E-state index < -0.39 is 0 Å². The van der Waals surface area contributed by atoms with Crippen LogP contribution in [0.2, 0.25) is 0 Å². The molecule has 0 fully saturated rings. The van der Waals surface area contributed by atoms with Gasteiger partial charge in [0.05, 0.1) is 0 Å². The average Bonchev–Trinajstić information content (AvgIpc) is 2.77. The molecule has 1 atom stereocenters. The van der Waals surface area contributed by atoms with Gasteiger partial charge < -0.3 is 5.73 Å². The van der Waals surface area contributed by atoms with E-state index in [2.05, 4.69) is 40.5 Å². The smallest absolute Gasteiger partial charge is 0.174 e. The van der Waals surface area contributed by atoms with Crippen LogP contribution in [0.25, 0.3) is 0 Å². The minimum absolute atomic E-state index is 0.0854. The van der Waals surface area contributed by atoms with Crippen LogP contribution >= 0.6 is 23.3 Å². The summed E-state index contributed by atoms with van der Waals surface area (Å²) in [6.07, 6.45) is 0.890. The summed E-state index contributed by atoms with van der Waals surface area (Å²) in [6.45, 7) is 4.05. The van der Waals surface area contributed by atoms with Gasteiger partial charge >= 0.3 is 0 Å². The molecule has 0 saturated carbocycles. The molecule has 2 rings (SSSR count). The molecule has 0 spiro atoms. The van der Waals surface area contributed by atoms with Crippen molar-refractivity contribution in [2.24, 2.45) is 5.73 Å². The molecule has 0 bridgehead atoms. The molecular formula is C12H15N3S2. The fourth-order valence-electron chi connectivity index (χ4n) is 1.36. The Kier molecular flexibility index (Phi) is 4.15. The predicted octanol–water partition coefficient (Wildman–Crippen LogP) is 3.27. The summed E-state index contributed by atoms with van der Waals surface area (Å²) in [5, 5.41) is 0. The third kappa shape index (κ3) is 3.28. The van der Waals surface area contributed by atoms with Crippen molar-refractivity contribution in [2.75, 3.05) is 0 Å². The van der Waals surface area contributed by atoms with E-state index in [1.807, 2.05) is 6.92 Å². The van der Waals surface area contributed by atoms with Crippen LogP contribution in [0.3, 0.4) is 0 Å². The lowest BCUT2D eigenvalue weighted by Gasteiger charge is -2.05. The fraction of sp³-hybridized carbons (Fsp3) is 0.333. The summed E-state index contributed by atoms with van der Waals surface area (Å²) in [5.74, 6) is 0.921. The minimum atomic E-state index is 0.0854. The number of rotatable bonds is 4. The van der Waals surface area contributed by atoms with Gasteiger partial charge in [0.15, 0.2) is 4.34 Å². The number of aryl methyl sites for hydroxylation is 1. The molecule has 0 saturated heterocycles. The molecule has 1 heterocycles. The van der Waals surface area contributed by atoms with E-state index in [9.17, 15) is 0 Å². The summed E-state index contributed by atoms with van der Waals surface area (Å²) in [5.41, 5.74) is 6.96. The molecule has 2 aromatic rings. The van der Waals surface area contributed by atoms with Gasteiger partial charge in [0, 0.05) is 17.4 Å². The van der Waals surface area contributed by atoms with Gasteiger partial charge in [-0.15, -0.1) is 0 Å². The summed E-state index contributed by atoms with van der Waals surface area (Å²) < 4.78 is 5.26. The van der Waals surface area contributed by atoms with Crippen molar-refractivity contribution in [3.8, 4) is 0 Å². The van der Waals surface area contributed by atoms with Crippen molar-refractivity contribution in [2.45, 2.75) is 35.5 Å². The number of benzene rings is 1. The molecule has 17 heavy (non-hydrogen) atoms. The van der Waals surface area contributed by atoms with Crippen LogP contribution in [0.15, 0.2) is 33.5 Å². The van der Waals surface area contributed by atoms with Crippen molar-refractivity contribution in [1.82, 2.24) is 9.36 Å². The monoisotopic (exact) mass is 265 g/mol. The van der Waals surface area contributed by atoms with Crippen molar-refractivity contribution in [3.63, 3.8) is 0 Å². The summed E-state index contributed by atoms with van der Waals surface area (Å²) in [6, 6.07) is 8.37. The first kappa shape index (κ1) is 12.5. The van der Waals surface area contributed by atoms with Gasteiger partial charge in [0.25, 0.3) is 0 Å². The molecule has 0 aliphatic heterocycles. The molecule has 0 aliphatic carbocycles. The lowest BCUT2D eigenvalue weighted by atomic mass is 10.1. The van der Waals surface area contributed by atoms with Gasteiger partial charge in [-0.2, -0.15) is 4.37 Å². The Bertz CT molecular complexity index is 477. The van der Waals surface area contributed by atoms with Crippen LogP contribution in [0.1, 0.15) is 31.3 Å². The number of hydrogen-bond donors (Lipinski definition) is 1. The topological polar surface area (TPSA) is 51.8 Å². The van der Waals surface area contributed by atoms with Gasteiger partial charge in [-0.25, -0.2) is 4.98 Å². The molecule has 90 valence electrons. The standard InChI is InChI=1S/C12H15N3S2/c1-3-11-14-12(17-15-11)16-10-6-4-9(5-7-10)8(2)13/h4-8H,3,13H2,1-2H3/t8-/m1/s1. The molecular weight excluding hydrogens is 250 g/mol. The molecule has 1 aromatic carbocycles. The Labute approximate surface area is 110 Å². The summed E-state index contributed by atoms with van der Waals surface area (Å²) in [4.78, 5) is 5.60. The van der Waals surface area contributed by atoms with E-state index in [4.69, 9.17) is 5.73 Å². The van der Waals surface area contributed by atoms with Crippen molar-refractivity contribution in [3.05, 3.63) is 35.7 Å². The van der Waals surface area contributed by atoms with Gasteiger partial charge in [0.1, 0.15) is 5.82 Å².